The Balaban J connectivity index is 2.24. The molecule has 1 unspecified atom stereocenters. The van der Waals surface area contributed by atoms with Gasteiger partial charge in [0.25, 0.3) is 5.92 Å². The number of amides is 1. The van der Waals surface area contributed by atoms with Crippen LogP contribution in [-0.4, -0.2) is 42.3 Å². The molecule has 0 aliphatic rings. The van der Waals surface area contributed by atoms with Crippen LogP contribution in [0.5, 0.6) is 0 Å². The summed E-state index contributed by atoms with van der Waals surface area (Å²) in [4.78, 5) is 24.9. The van der Waals surface area contributed by atoms with Gasteiger partial charge in [0.1, 0.15) is 12.4 Å². The fraction of sp³-hybridized carbons (Fsp3) is 0.360. The first-order valence-corrected chi connectivity index (χ1v) is 11.9. The number of rotatable bonds is 9. The molecule has 12 heteroatoms. The highest BCUT2D eigenvalue weighted by molar-refractivity contribution is 6.48. The van der Waals surface area contributed by atoms with Crippen LogP contribution < -0.4 is 0 Å². The number of alkyl halides is 5. The van der Waals surface area contributed by atoms with E-state index in [1.807, 2.05) is 0 Å². The van der Waals surface area contributed by atoms with Crippen LogP contribution in [-0.2, 0) is 4.79 Å². The van der Waals surface area contributed by atoms with Crippen molar-refractivity contribution in [1.29, 1.82) is 0 Å². The Kier molecular flexibility index (Phi) is 10.1. The van der Waals surface area contributed by atoms with Crippen molar-refractivity contribution in [2.24, 2.45) is 0 Å². The van der Waals surface area contributed by atoms with Crippen LogP contribution in [0.3, 0.4) is 0 Å². The molecule has 0 saturated carbocycles. The topological polar surface area (TPSA) is 37.4 Å². The second-order valence-electron chi connectivity index (χ2n) is 8.56. The molecule has 0 aliphatic heterocycles. The van der Waals surface area contributed by atoms with E-state index in [0.29, 0.717) is 23.5 Å². The summed E-state index contributed by atoms with van der Waals surface area (Å²) in [5.41, 5.74) is 0.261. The van der Waals surface area contributed by atoms with Crippen molar-refractivity contribution in [1.82, 2.24) is 4.90 Å². The van der Waals surface area contributed by atoms with Gasteiger partial charge in [0.2, 0.25) is 5.91 Å². The highest BCUT2D eigenvalue weighted by Crippen LogP contribution is 2.41. The average Bonchev–Trinajstić information content (AvgIpc) is 2.76. The monoisotopic (exact) mass is 587 g/mol. The van der Waals surface area contributed by atoms with Gasteiger partial charge in [-0.1, -0.05) is 46.9 Å². The minimum Gasteiger partial charge on any atom is -0.337 e. The Morgan fingerprint density at radius 1 is 1.00 bits per heavy atom. The second kappa shape index (κ2) is 12.1. The molecule has 0 fully saturated rings. The van der Waals surface area contributed by atoms with Gasteiger partial charge >= 0.3 is 6.18 Å². The zero-order chi connectivity index (χ0) is 28.3. The minimum absolute atomic E-state index is 0.0284. The first-order valence-electron chi connectivity index (χ1n) is 10.7. The van der Waals surface area contributed by atoms with Crippen LogP contribution in [0.15, 0.2) is 36.4 Å². The molecule has 1 atom stereocenters. The number of hydrogen-bond donors (Lipinski definition) is 0. The van der Waals surface area contributed by atoms with E-state index in [9.17, 15) is 31.5 Å². The molecule has 0 N–H and O–H groups in total. The Bertz CT molecular complexity index is 1180. The molecular weight excluding hydrogens is 567 g/mol. The van der Waals surface area contributed by atoms with E-state index in [2.05, 4.69) is 0 Å². The van der Waals surface area contributed by atoms with Gasteiger partial charge in [-0.25, -0.2) is 13.2 Å². The molecule has 202 valence electrons. The van der Waals surface area contributed by atoms with E-state index >= 15 is 4.39 Å². The third kappa shape index (κ3) is 8.65. The Hall–Kier alpha value is -2.23. The van der Waals surface area contributed by atoms with E-state index in [1.165, 1.54) is 37.3 Å². The molecular formula is C25H22Cl3F6NO2. The maximum absolute atomic E-state index is 15.1. The number of allylic oxidation sites excluding steroid dienone is 1. The van der Waals surface area contributed by atoms with Gasteiger partial charge in [-0.3, -0.25) is 9.59 Å². The first-order chi connectivity index (χ1) is 16.9. The van der Waals surface area contributed by atoms with Crippen LogP contribution in [0.25, 0.3) is 5.83 Å². The lowest BCUT2D eigenvalue weighted by Gasteiger charge is -2.22. The molecule has 2 aromatic rings. The zero-order valence-electron chi connectivity index (χ0n) is 19.8. The van der Waals surface area contributed by atoms with Crippen molar-refractivity contribution in [2.45, 2.75) is 44.7 Å². The fourth-order valence-electron chi connectivity index (χ4n) is 3.56. The number of nitrogens with zero attached hydrogens (tertiary/aromatic N) is 1. The molecule has 37 heavy (non-hydrogen) atoms. The van der Waals surface area contributed by atoms with Crippen LogP contribution in [0.4, 0.5) is 26.3 Å². The number of hydrogen-bond acceptors (Lipinski definition) is 2. The third-order valence-electron chi connectivity index (χ3n) is 5.44. The average molecular weight is 589 g/mol. The number of Topliss-reactive ketones (excluding diaryl/α,β-unsaturated/α-hetero) is 1. The highest BCUT2D eigenvalue weighted by atomic mass is 35.5. The number of benzene rings is 2. The van der Waals surface area contributed by atoms with Crippen LogP contribution in [0, 0.1) is 6.92 Å². The SMILES string of the molecule is Cc1cc(/C(F)=C/C(c2cc(Cl)c(Cl)c(Cl)c2)C(C)(F)F)ccc1C(=O)CCC(=O)N(C)CC(F)(F)F. The normalized spacial score (nSPS) is 13.5. The van der Waals surface area contributed by atoms with Crippen molar-refractivity contribution in [2.75, 3.05) is 13.6 Å². The molecule has 0 aromatic heterocycles. The lowest BCUT2D eigenvalue weighted by molar-refractivity contribution is -0.158. The molecule has 2 aromatic carbocycles. The van der Waals surface area contributed by atoms with Gasteiger partial charge < -0.3 is 4.90 Å². The van der Waals surface area contributed by atoms with E-state index in [-0.39, 0.29) is 38.2 Å². The molecule has 0 saturated heterocycles. The van der Waals surface area contributed by atoms with E-state index < -0.39 is 48.5 Å². The van der Waals surface area contributed by atoms with Gasteiger partial charge in [0, 0.05) is 37.9 Å². The van der Waals surface area contributed by atoms with Gasteiger partial charge in [-0.2, -0.15) is 13.2 Å². The van der Waals surface area contributed by atoms with Crippen molar-refractivity contribution < 1.29 is 35.9 Å². The molecule has 2 rings (SSSR count). The summed E-state index contributed by atoms with van der Waals surface area (Å²) in [6, 6.07) is 6.07. The van der Waals surface area contributed by atoms with Crippen LogP contribution in [0.1, 0.15) is 52.7 Å². The lowest BCUT2D eigenvalue weighted by atomic mass is 9.91. The number of carbonyl (C=O) groups excluding carboxylic acids is 2. The van der Waals surface area contributed by atoms with E-state index in [1.54, 1.807) is 0 Å². The fourth-order valence-corrected chi connectivity index (χ4v) is 4.17. The molecule has 0 spiro atoms. The van der Waals surface area contributed by atoms with Crippen LogP contribution in [0.2, 0.25) is 15.1 Å². The molecule has 3 nitrogen and oxygen atoms in total. The van der Waals surface area contributed by atoms with Crippen molar-refractivity contribution in [3.63, 3.8) is 0 Å². The number of halogens is 9. The molecule has 0 aliphatic carbocycles. The summed E-state index contributed by atoms with van der Waals surface area (Å²) >= 11 is 17.8. The zero-order valence-corrected chi connectivity index (χ0v) is 22.1. The molecule has 0 radical (unpaired) electrons. The second-order valence-corrected chi connectivity index (χ2v) is 9.76. The largest absolute Gasteiger partial charge is 0.406 e. The summed E-state index contributed by atoms with van der Waals surface area (Å²) in [5.74, 6) is -7.55. The first kappa shape index (κ1) is 31.0. The Labute approximate surface area is 225 Å². The minimum atomic E-state index is -4.56. The summed E-state index contributed by atoms with van der Waals surface area (Å²) in [6.45, 7) is 0.649. The van der Waals surface area contributed by atoms with E-state index in [0.717, 1.165) is 7.05 Å². The summed E-state index contributed by atoms with van der Waals surface area (Å²) in [6.07, 6.45) is -4.66. The van der Waals surface area contributed by atoms with Crippen molar-refractivity contribution in [3.8, 4) is 0 Å². The van der Waals surface area contributed by atoms with Gasteiger partial charge in [0.15, 0.2) is 5.78 Å². The lowest BCUT2D eigenvalue weighted by Crippen LogP contribution is -2.35. The van der Waals surface area contributed by atoms with Gasteiger partial charge in [0.05, 0.1) is 21.0 Å². The summed E-state index contributed by atoms with van der Waals surface area (Å²) in [5, 5.41) is -0.178. The van der Waals surface area contributed by atoms with E-state index in [4.69, 9.17) is 34.8 Å². The van der Waals surface area contributed by atoms with Crippen LogP contribution >= 0.6 is 34.8 Å². The maximum atomic E-state index is 15.1. The Morgan fingerprint density at radius 2 is 1.57 bits per heavy atom. The summed E-state index contributed by atoms with van der Waals surface area (Å²) < 4.78 is 81.1. The summed E-state index contributed by atoms with van der Waals surface area (Å²) in [7, 11) is 0.981. The highest BCUT2D eigenvalue weighted by Gasteiger charge is 2.35. The maximum Gasteiger partial charge on any atom is 0.406 e. The quantitative estimate of drug-likeness (QED) is 0.167. The molecule has 0 bridgehead atoms. The number of carbonyl (C=O) groups is 2. The van der Waals surface area contributed by atoms with Gasteiger partial charge in [-0.05, 0) is 42.3 Å². The Morgan fingerprint density at radius 3 is 2.05 bits per heavy atom. The standard InChI is InChI=1S/C25H22Cl3F6NO2/c1-13-8-14(4-5-16(13)21(36)6-7-22(37)35(3)12-25(32,33)34)20(29)11-17(24(2,30)31)15-9-18(26)23(28)19(27)10-15/h4-5,8-11,17H,6-7,12H2,1-3H3/b20-11-. The van der Waals surface area contributed by atoms with Crippen molar-refractivity contribution >= 4 is 52.3 Å². The molecule has 1 amide bonds. The predicted octanol–water partition coefficient (Wildman–Crippen LogP) is 8.69. The third-order valence-corrected chi connectivity index (χ3v) is 6.63. The molecule has 0 heterocycles. The number of ketones is 1. The van der Waals surface area contributed by atoms with Gasteiger partial charge in [-0.15, -0.1) is 0 Å². The van der Waals surface area contributed by atoms with Crippen molar-refractivity contribution in [3.05, 3.63) is 73.7 Å². The smallest absolute Gasteiger partial charge is 0.337 e. The number of aryl methyl sites for hydroxylation is 1. The predicted molar refractivity (Wildman–Crippen MR) is 132 cm³/mol.